The molecule has 0 aliphatic heterocycles. The number of anilines is 1. The van der Waals surface area contributed by atoms with Gasteiger partial charge in [-0.2, -0.15) is 0 Å². The number of imidazole rings is 1. The fourth-order valence-electron chi connectivity index (χ4n) is 3.52. The van der Waals surface area contributed by atoms with E-state index >= 15 is 0 Å². The van der Waals surface area contributed by atoms with E-state index in [-0.39, 0.29) is 23.2 Å². The highest BCUT2D eigenvalue weighted by Gasteiger charge is 2.23. The van der Waals surface area contributed by atoms with Gasteiger partial charge in [-0.15, -0.1) is 12.4 Å². The summed E-state index contributed by atoms with van der Waals surface area (Å²) >= 11 is 1.48. The Kier molecular flexibility index (Phi) is 8.12. The number of carbonyl (C=O) groups excluding carboxylic acids is 1. The summed E-state index contributed by atoms with van der Waals surface area (Å²) in [6.07, 6.45) is 6.09. The number of hydrogen-bond donors (Lipinski definition) is 0. The first-order valence-electron chi connectivity index (χ1n) is 10.7. The first-order valence-corrected chi connectivity index (χ1v) is 13.1. The van der Waals surface area contributed by atoms with Crippen molar-refractivity contribution in [3.8, 4) is 0 Å². The molecule has 0 unspecified atom stereocenters. The van der Waals surface area contributed by atoms with E-state index in [0.717, 1.165) is 28.7 Å². The molecule has 0 fully saturated rings. The number of aromatic nitrogens is 3. The van der Waals surface area contributed by atoms with Gasteiger partial charge in [-0.05, 0) is 63.1 Å². The second kappa shape index (κ2) is 10.7. The molecule has 0 spiro atoms. The summed E-state index contributed by atoms with van der Waals surface area (Å²) < 4.78 is 27.9. The van der Waals surface area contributed by atoms with E-state index in [1.54, 1.807) is 43.4 Å². The molecule has 0 atom stereocenters. The molecule has 10 heteroatoms. The molecule has 34 heavy (non-hydrogen) atoms. The lowest BCUT2D eigenvalue weighted by atomic mass is 10.2. The molecular weight excluding hydrogens is 492 g/mol. The lowest BCUT2D eigenvalue weighted by molar-refractivity contribution is 0.0986. The van der Waals surface area contributed by atoms with E-state index in [9.17, 15) is 13.2 Å². The lowest BCUT2D eigenvalue weighted by Gasteiger charge is -2.20. The Morgan fingerprint density at radius 3 is 2.50 bits per heavy atom. The second-order valence-corrected chi connectivity index (χ2v) is 11.7. The van der Waals surface area contributed by atoms with Crippen LogP contribution in [-0.2, 0) is 16.4 Å². The quantitative estimate of drug-likeness (QED) is 0.322. The fourth-order valence-corrected chi connectivity index (χ4v) is 5.65. The number of halogens is 1. The maximum Gasteiger partial charge on any atom is 0.260 e. The van der Waals surface area contributed by atoms with E-state index in [1.807, 2.05) is 35.9 Å². The van der Waals surface area contributed by atoms with Crippen molar-refractivity contribution in [1.29, 1.82) is 0 Å². The highest BCUT2D eigenvalue weighted by molar-refractivity contribution is 7.92. The van der Waals surface area contributed by atoms with Crippen molar-refractivity contribution >= 4 is 54.8 Å². The maximum atomic E-state index is 13.5. The van der Waals surface area contributed by atoms with Crippen molar-refractivity contribution in [2.45, 2.75) is 43.9 Å². The number of benzene rings is 2. The lowest BCUT2D eigenvalue weighted by Crippen LogP contribution is -2.32. The third kappa shape index (κ3) is 5.32. The summed E-state index contributed by atoms with van der Waals surface area (Å²) in [5.41, 5.74) is 2.38. The molecule has 2 heterocycles. The minimum absolute atomic E-state index is 0. The van der Waals surface area contributed by atoms with E-state index in [2.05, 4.69) is 4.98 Å². The largest absolute Gasteiger partial charge is 0.337 e. The van der Waals surface area contributed by atoms with Crippen LogP contribution in [0, 0.1) is 6.92 Å². The third-order valence-corrected chi connectivity index (χ3v) is 8.71. The van der Waals surface area contributed by atoms with E-state index in [1.165, 1.54) is 23.5 Å². The summed E-state index contributed by atoms with van der Waals surface area (Å²) in [6, 6.07) is 12.2. The van der Waals surface area contributed by atoms with Crippen LogP contribution in [0.25, 0.3) is 10.2 Å². The minimum Gasteiger partial charge on any atom is -0.337 e. The molecule has 0 bridgehead atoms. The van der Waals surface area contributed by atoms with Crippen LogP contribution in [0.4, 0.5) is 5.13 Å². The van der Waals surface area contributed by atoms with Gasteiger partial charge in [0.1, 0.15) is 0 Å². The molecule has 0 aliphatic carbocycles. The van der Waals surface area contributed by atoms with Crippen molar-refractivity contribution in [3.05, 3.63) is 72.3 Å². The van der Waals surface area contributed by atoms with Crippen molar-refractivity contribution in [2.24, 2.45) is 0 Å². The average molecular weight is 519 g/mol. The highest BCUT2D eigenvalue weighted by atomic mass is 35.5. The second-order valence-electron chi connectivity index (χ2n) is 8.15. The summed E-state index contributed by atoms with van der Waals surface area (Å²) in [5, 5.41) is 0.110. The smallest absolute Gasteiger partial charge is 0.260 e. The average Bonchev–Trinajstić information content (AvgIpc) is 3.47. The third-order valence-electron chi connectivity index (χ3n) is 5.49. The number of aryl methyl sites for hydroxylation is 2. The Morgan fingerprint density at radius 2 is 1.88 bits per heavy atom. The summed E-state index contributed by atoms with van der Waals surface area (Å²) in [7, 11) is -3.40. The first kappa shape index (κ1) is 25.9. The van der Waals surface area contributed by atoms with Gasteiger partial charge in [0, 0.05) is 31.0 Å². The zero-order valence-corrected chi connectivity index (χ0v) is 21.7. The van der Waals surface area contributed by atoms with Crippen LogP contribution in [0.5, 0.6) is 0 Å². The van der Waals surface area contributed by atoms with Gasteiger partial charge < -0.3 is 4.57 Å². The van der Waals surface area contributed by atoms with Gasteiger partial charge in [-0.1, -0.05) is 23.5 Å². The molecule has 1 amide bonds. The Morgan fingerprint density at radius 1 is 1.15 bits per heavy atom. The van der Waals surface area contributed by atoms with Gasteiger partial charge in [0.2, 0.25) is 0 Å². The molecule has 4 rings (SSSR count). The standard InChI is InChI=1S/C24H26N4O3S2.ClH/c1-17(2)33(30,31)20-10-8-19(9-11-20)23(29)28(14-5-13-27-15-12-25-16-27)24-26-22-18(3)6-4-7-21(22)32-24;/h4,6-12,15-17H,5,13-14H2,1-3H3;1H. The van der Waals surface area contributed by atoms with Crippen LogP contribution in [0.3, 0.4) is 0 Å². The van der Waals surface area contributed by atoms with Crippen LogP contribution in [0.15, 0.2) is 66.1 Å². The monoisotopic (exact) mass is 518 g/mol. The number of hydrogen-bond acceptors (Lipinski definition) is 6. The van der Waals surface area contributed by atoms with Crippen molar-refractivity contribution < 1.29 is 13.2 Å². The molecule has 4 aromatic rings. The van der Waals surface area contributed by atoms with Crippen LogP contribution in [-0.4, -0.2) is 40.7 Å². The number of thiazole rings is 1. The Balaban J connectivity index is 0.00000324. The molecule has 0 saturated carbocycles. The van der Waals surface area contributed by atoms with Gasteiger partial charge in [0.05, 0.1) is 26.7 Å². The van der Waals surface area contributed by atoms with Crippen molar-refractivity contribution in [3.63, 3.8) is 0 Å². The van der Waals surface area contributed by atoms with Gasteiger partial charge in [-0.3, -0.25) is 9.69 Å². The Bertz CT molecular complexity index is 1370. The maximum absolute atomic E-state index is 13.5. The summed E-state index contributed by atoms with van der Waals surface area (Å²) in [4.78, 5) is 24.3. The van der Waals surface area contributed by atoms with Gasteiger partial charge in [0.15, 0.2) is 15.0 Å². The summed E-state index contributed by atoms with van der Waals surface area (Å²) in [5.74, 6) is -0.203. The van der Waals surface area contributed by atoms with Crippen LogP contribution in [0.1, 0.15) is 36.2 Å². The van der Waals surface area contributed by atoms with Gasteiger partial charge in [0.25, 0.3) is 5.91 Å². The number of amides is 1. The summed E-state index contributed by atoms with van der Waals surface area (Å²) in [6.45, 7) is 6.49. The van der Waals surface area contributed by atoms with Crippen molar-refractivity contribution in [2.75, 3.05) is 11.4 Å². The molecule has 2 aromatic carbocycles. The first-order chi connectivity index (χ1) is 15.8. The molecule has 2 aromatic heterocycles. The Hall–Kier alpha value is -2.75. The van der Waals surface area contributed by atoms with E-state index < -0.39 is 15.1 Å². The van der Waals surface area contributed by atoms with E-state index in [4.69, 9.17) is 4.98 Å². The fraction of sp³-hybridized carbons (Fsp3) is 0.292. The predicted molar refractivity (Wildman–Crippen MR) is 139 cm³/mol. The molecule has 7 nitrogen and oxygen atoms in total. The predicted octanol–water partition coefficient (Wildman–Crippen LogP) is 5.14. The number of fused-ring (bicyclic) bond motifs is 1. The van der Waals surface area contributed by atoms with Crippen LogP contribution in [0.2, 0.25) is 0 Å². The molecular formula is C24H27ClN4O3S2. The normalized spacial score (nSPS) is 11.5. The SMILES string of the molecule is Cc1cccc2sc(N(CCCn3ccnc3)C(=O)c3ccc(S(=O)(=O)C(C)C)cc3)nc12.Cl. The van der Waals surface area contributed by atoms with Crippen molar-refractivity contribution in [1.82, 2.24) is 14.5 Å². The van der Waals surface area contributed by atoms with E-state index in [0.29, 0.717) is 17.2 Å². The highest BCUT2D eigenvalue weighted by Crippen LogP contribution is 2.31. The van der Waals surface area contributed by atoms with Gasteiger partial charge in [-0.25, -0.2) is 18.4 Å². The number of sulfone groups is 1. The topological polar surface area (TPSA) is 85.2 Å². The number of carbonyl (C=O) groups is 1. The molecule has 180 valence electrons. The zero-order chi connectivity index (χ0) is 23.6. The Labute approximate surface area is 209 Å². The van der Waals surface area contributed by atoms with Crippen LogP contribution < -0.4 is 4.90 Å². The molecule has 0 radical (unpaired) electrons. The van der Waals surface area contributed by atoms with Gasteiger partial charge >= 0.3 is 0 Å². The minimum atomic E-state index is -3.40. The number of para-hydroxylation sites is 1. The molecule has 0 saturated heterocycles. The molecule has 0 N–H and O–H groups in total. The zero-order valence-electron chi connectivity index (χ0n) is 19.2. The molecule has 0 aliphatic rings. The number of nitrogens with zero attached hydrogens (tertiary/aromatic N) is 4. The van der Waals surface area contributed by atoms with Crippen LogP contribution >= 0.6 is 23.7 Å². The number of rotatable bonds is 8.